The second-order valence-electron chi connectivity index (χ2n) is 6.56. The lowest BCUT2D eigenvalue weighted by molar-refractivity contribution is -0.0496. The Balaban J connectivity index is 0.00000625. The number of nitrogens with one attached hydrogen (secondary N) is 2. The Kier molecular flexibility index (Phi) is 10.1. The Morgan fingerprint density at radius 2 is 1.77 bits per heavy atom. The standard InChI is InChI=1S/C14H27F3N4O3S.HI/c1-13(2,24-4)10-20-12(18-3)19-9-11-5-7-21(8-6-11)25(22,23)14(15,16)17;/h11H,5-10H2,1-4H3,(H2,18,19,20);1H. The van der Waals surface area contributed by atoms with Crippen LogP contribution in [0.4, 0.5) is 13.2 Å². The molecule has 1 saturated heterocycles. The number of aliphatic imine (C=N–C) groups is 1. The quantitative estimate of drug-likeness (QED) is 0.320. The summed E-state index contributed by atoms with van der Waals surface area (Å²) in [6.07, 6.45) is 0.728. The van der Waals surface area contributed by atoms with E-state index in [9.17, 15) is 21.6 Å². The van der Waals surface area contributed by atoms with Gasteiger partial charge in [-0.2, -0.15) is 17.5 Å². The number of hydrogen-bond acceptors (Lipinski definition) is 4. The van der Waals surface area contributed by atoms with E-state index in [2.05, 4.69) is 15.6 Å². The molecular weight excluding hydrogens is 488 g/mol. The van der Waals surface area contributed by atoms with E-state index in [0.29, 0.717) is 36.2 Å². The fourth-order valence-electron chi connectivity index (χ4n) is 2.33. The Labute approximate surface area is 170 Å². The fraction of sp³-hybridized carbons (Fsp3) is 0.929. The summed E-state index contributed by atoms with van der Waals surface area (Å²) < 4.78 is 66.2. The molecule has 0 bridgehead atoms. The number of halogens is 4. The molecule has 0 spiro atoms. The van der Waals surface area contributed by atoms with E-state index in [4.69, 9.17) is 4.74 Å². The highest BCUT2D eigenvalue weighted by Crippen LogP contribution is 2.30. The summed E-state index contributed by atoms with van der Waals surface area (Å²) in [5, 5.41) is 6.22. The second kappa shape index (κ2) is 10.3. The maximum absolute atomic E-state index is 12.5. The minimum Gasteiger partial charge on any atom is -0.377 e. The number of ether oxygens (including phenoxy) is 1. The molecule has 0 radical (unpaired) electrons. The molecule has 0 aliphatic carbocycles. The molecule has 0 atom stereocenters. The van der Waals surface area contributed by atoms with Gasteiger partial charge in [-0.25, -0.2) is 8.42 Å². The summed E-state index contributed by atoms with van der Waals surface area (Å²) in [7, 11) is -1.99. The maximum Gasteiger partial charge on any atom is 0.511 e. The van der Waals surface area contributed by atoms with Crippen LogP contribution < -0.4 is 10.6 Å². The van der Waals surface area contributed by atoms with Crippen LogP contribution in [0.5, 0.6) is 0 Å². The molecule has 1 fully saturated rings. The van der Waals surface area contributed by atoms with Crippen molar-refractivity contribution in [1.29, 1.82) is 0 Å². The van der Waals surface area contributed by atoms with E-state index < -0.39 is 15.5 Å². The van der Waals surface area contributed by atoms with E-state index in [0.717, 1.165) is 0 Å². The number of alkyl halides is 3. The van der Waals surface area contributed by atoms with Crippen LogP contribution in [0.3, 0.4) is 0 Å². The van der Waals surface area contributed by atoms with Gasteiger partial charge in [0.15, 0.2) is 5.96 Å². The van der Waals surface area contributed by atoms with Crippen molar-refractivity contribution in [3.63, 3.8) is 0 Å². The lowest BCUT2D eigenvalue weighted by Crippen LogP contribution is -2.48. The summed E-state index contributed by atoms with van der Waals surface area (Å²) in [6, 6.07) is 0. The van der Waals surface area contributed by atoms with Crippen molar-refractivity contribution in [2.45, 2.75) is 37.8 Å². The van der Waals surface area contributed by atoms with Crippen LogP contribution in [0.25, 0.3) is 0 Å². The molecule has 0 amide bonds. The largest absolute Gasteiger partial charge is 0.511 e. The van der Waals surface area contributed by atoms with E-state index >= 15 is 0 Å². The summed E-state index contributed by atoms with van der Waals surface area (Å²) in [5.41, 5.74) is -5.60. The smallest absolute Gasteiger partial charge is 0.377 e. The highest BCUT2D eigenvalue weighted by molar-refractivity contribution is 14.0. The molecule has 0 saturated carbocycles. The zero-order chi connectivity index (χ0) is 19.3. The summed E-state index contributed by atoms with van der Waals surface area (Å²) >= 11 is 0. The lowest BCUT2D eigenvalue weighted by Gasteiger charge is -2.32. The van der Waals surface area contributed by atoms with Crippen molar-refractivity contribution in [2.24, 2.45) is 10.9 Å². The minimum absolute atomic E-state index is 0. The molecule has 1 rings (SSSR count). The number of nitrogens with zero attached hydrogens (tertiary/aromatic N) is 2. The van der Waals surface area contributed by atoms with E-state index in [1.54, 1.807) is 14.2 Å². The number of guanidine groups is 1. The molecule has 0 aromatic heterocycles. The van der Waals surface area contributed by atoms with E-state index in [-0.39, 0.29) is 48.6 Å². The van der Waals surface area contributed by atoms with E-state index in [1.165, 1.54) is 0 Å². The van der Waals surface area contributed by atoms with Crippen LogP contribution in [0.2, 0.25) is 0 Å². The Morgan fingerprint density at radius 3 is 2.19 bits per heavy atom. The third-order valence-electron chi connectivity index (χ3n) is 4.22. The normalized spacial score (nSPS) is 18.3. The second-order valence-corrected chi connectivity index (χ2v) is 8.49. The number of hydrogen-bond donors (Lipinski definition) is 2. The van der Waals surface area contributed by atoms with Crippen molar-refractivity contribution in [1.82, 2.24) is 14.9 Å². The van der Waals surface area contributed by atoms with Gasteiger partial charge in [-0.1, -0.05) is 0 Å². The van der Waals surface area contributed by atoms with Crippen LogP contribution in [-0.2, 0) is 14.8 Å². The van der Waals surface area contributed by atoms with Gasteiger partial charge < -0.3 is 15.4 Å². The predicted octanol–water partition coefficient (Wildman–Crippen LogP) is 1.76. The molecule has 0 unspecified atom stereocenters. The number of methoxy groups -OCH3 is 1. The molecule has 0 aromatic carbocycles. The summed E-state index contributed by atoms with van der Waals surface area (Å²) in [4.78, 5) is 4.08. The highest BCUT2D eigenvalue weighted by Gasteiger charge is 2.50. The molecule has 12 heteroatoms. The predicted molar refractivity (Wildman–Crippen MR) is 105 cm³/mol. The Bertz CT molecular complexity index is 562. The zero-order valence-corrected chi connectivity index (χ0v) is 18.5. The van der Waals surface area contributed by atoms with Crippen LogP contribution >= 0.6 is 24.0 Å². The first-order chi connectivity index (χ1) is 11.4. The SMILES string of the molecule is CN=C(NCC1CCN(S(=O)(=O)C(F)(F)F)CC1)NCC(C)(C)OC.I. The highest BCUT2D eigenvalue weighted by atomic mass is 127. The van der Waals surface area contributed by atoms with Crippen molar-refractivity contribution in [3.05, 3.63) is 0 Å². The molecule has 1 heterocycles. The van der Waals surface area contributed by atoms with Crippen molar-refractivity contribution in [3.8, 4) is 0 Å². The average Bonchev–Trinajstić information content (AvgIpc) is 2.54. The molecule has 1 aliphatic rings. The van der Waals surface area contributed by atoms with E-state index in [1.807, 2.05) is 13.8 Å². The van der Waals surface area contributed by atoms with Gasteiger partial charge in [0.05, 0.1) is 5.60 Å². The van der Waals surface area contributed by atoms with Gasteiger partial charge in [0.25, 0.3) is 0 Å². The van der Waals surface area contributed by atoms with Crippen molar-refractivity contribution in [2.75, 3.05) is 40.3 Å². The van der Waals surface area contributed by atoms with Crippen LogP contribution in [0.1, 0.15) is 26.7 Å². The van der Waals surface area contributed by atoms with Crippen LogP contribution in [-0.4, -0.2) is 70.1 Å². The monoisotopic (exact) mass is 516 g/mol. The van der Waals surface area contributed by atoms with Gasteiger partial charge in [-0.05, 0) is 32.6 Å². The lowest BCUT2D eigenvalue weighted by atomic mass is 9.98. The number of piperidine rings is 1. The van der Waals surface area contributed by atoms with Crippen LogP contribution in [0.15, 0.2) is 4.99 Å². The molecule has 0 aromatic rings. The third-order valence-corrected chi connectivity index (χ3v) is 5.85. The minimum atomic E-state index is -5.24. The molecular formula is C14H28F3IN4O3S. The first kappa shape index (κ1) is 25.7. The average molecular weight is 516 g/mol. The first-order valence-corrected chi connectivity index (χ1v) is 9.43. The van der Waals surface area contributed by atoms with Crippen LogP contribution in [0, 0.1) is 5.92 Å². The fourth-order valence-corrected chi connectivity index (χ4v) is 3.31. The van der Waals surface area contributed by atoms with Gasteiger partial charge in [-0.3, -0.25) is 4.99 Å². The third kappa shape index (κ3) is 7.35. The Hall–Kier alpha value is -0.340. The summed E-state index contributed by atoms with van der Waals surface area (Å²) in [5.74, 6) is 0.643. The van der Waals surface area contributed by atoms with Gasteiger partial charge in [-0.15, -0.1) is 24.0 Å². The number of rotatable bonds is 6. The van der Waals surface area contributed by atoms with Gasteiger partial charge in [0, 0.05) is 40.3 Å². The summed E-state index contributed by atoms with van der Waals surface area (Å²) in [6.45, 7) is 4.63. The molecule has 2 N–H and O–H groups in total. The molecule has 156 valence electrons. The Morgan fingerprint density at radius 1 is 1.23 bits per heavy atom. The van der Waals surface area contributed by atoms with Gasteiger partial charge in [0.2, 0.25) is 0 Å². The molecule has 1 aliphatic heterocycles. The van der Waals surface area contributed by atoms with Crippen molar-refractivity contribution < 1.29 is 26.3 Å². The molecule has 7 nitrogen and oxygen atoms in total. The zero-order valence-electron chi connectivity index (χ0n) is 15.4. The number of sulfonamides is 1. The topological polar surface area (TPSA) is 83.0 Å². The maximum atomic E-state index is 12.5. The van der Waals surface area contributed by atoms with Crippen molar-refractivity contribution >= 4 is 40.0 Å². The van der Waals surface area contributed by atoms with Gasteiger partial charge in [0.1, 0.15) is 0 Å². The molecule has 26 heavy (non-hydrogen) atoms. The van der Waals surface area contributed by atoms with Gasteiger partial charge >= 0.3 is 15.5 Å². The first-order valence-electron chi connectivity index (χ1n) is 7.99.